The maximum atomic E-state index is 13.0. The van der Waals surface area contributed by atoms with Gasteiger partial charge in [-0.1, -0.05) is 29.4 Å². The van der Waals surface area contributed by atoms with E-state index in [1.807, 2.05) is 32.2 Å². The highest BCUT2D eigenvalue weighted by atomic mass is 35.5. The monoisotopic (exact) mass is 403 g/mol. The van der Waals surface area contributed by atoms with E-state index in [-0.39, 0.29) is 11.7 Å². The Morgan fingerprint density at radius 2 is 2.15 bits per heavy atom. The molecule has 7 heteroatoms. The molecule has 3 rings (SSSR count). The predicted molar refractivity (Wildman–Crippen MR) is 111 cm³/mol. The van der Waals surface area contributed by atoms with Gasteiger partial charge in [0, 0.05) is 36.3 Å². The number of hydrogen-bond donors (Lipinski definition) is 0. The Morgan fingerprint density at radius 3 is 2.89 bits per heavy atom. The highest BCUT2D eigenvalue weighted by Gasteiger charge is 2.12. The number of benzene rings is 1. The fourth-order valence-corrected chi connectivity index (χ4v) is 3.78. The van der Waals surface area contributed by atoms with Gasteiger partial charge in [-0.05, 0) is 50.1 Å². The molecule has 0 saturated heterocycles. The van der Waals surface area contributed by atoms with Crippen molar-refractivity contribution in [2.24, 2.45) is 0 Å². The lowest BCUT2D eigenvalue weighted by Crippen LogP contribution is -2.24. The van der Waals surface area contributed by atoms with Gasteiger partial charge in [0.25, 0.3) is 5.56 Å². The average molecular weight is 404 g/mol. The van der Waals surface area contributed by atoms with Crippen molar-refractivity contribution in [2.45, 2.75) is 43.8 Å². The molecular weight excluding hydrogens is 382 g/mol. The van der Waals surface area contributed by atoms with Crippen molar-refractivity contribution in [2.75, 3.05) is 6.61 Å². The van der Waals surface area contributed by atoms with Crippen LogP contribution >= 0.6 is 23.4 Å². The normalized spacial score (nSPS) is 11.4. The fraction of sp³-hybridized carbons (Fsp3) is 0.350. The van der Waals surface area contributed by atoms with Gasteiger partial charge in [-0.3, -0.25) is 14.3 Å². The van der Waals surface area contributed by atoms with Crippen LogP contribution in [-0.2, 0) is 17.0 Å². The molecule has 2 heterocycles. The quantitative estimate of drug-likeness (QED) is 0.313. The zero-order valence-electron chi connectivity index (χ0n) is 15.4. The molecule has 0 aliphatic heterocycles. The Labute approximate surface area is 167 Å². The van der Waals surface area contributed by atoms with Crippen LogP contribution in [0.4, 0.5) is 0 Å². The summed E-state index contributed by atoms with van der Waals surface area (Å²) >= 11 is 7.61. The smallest absolute Gasteiger partial charge is 0.262 e. The van der Waals surface area contributed by atoms with Gasteiger partial charge in [-0.2, -0.15) is 0 Å². The molecule has 0 fully saturated rings. The van der Waals surface area contributed by atoms with Crippen LogP contribution in [0.3, 0.4) is 0 Å². The number of fused-ring (bicyclic) bond motifs is 1. The second kappa shape index (κ2) is 9.35. The van der Waals surface area contributed by atoms with Crippen molar-refractivity contribution in [3.63, 3.8) is 0 Å². The number of thioether (sulfide) groups is 1. The van der Waals surface area contributed by atoms with Gasteiger partial charge in [-0.25, -0.2) is 4.98 Å². The van der Waals surface area contributed by atoms with E-state index in [9.17, 15) is 4.79 Å². The summed E-state index contributed by atoms with van der Waals surface area (Å²) in [6.45, 7) is 5.17. The van der Waals surface area contributed by atoms with Crippen molar-refractivity contribution >= 4 is 34.3 Å². The number of pyridine rings is 1. The largest absolute Gasteiger partial charge is 0.379 e. The Hall–Kier alpha value is -1.89. The standard InChI is InChI=1S/C20H22ClN3O2S/c1-14(2)26-10-4-9-24-19(25)17-7-6-16(21)11-18(17)23-20(24)27-13-15-5-3-8-22-12-15/h3,5-8,11-12,14H,4,9-10,13H2,1-2H3. The minimum atomic E-state index is -0.0464. The van der Waals surface area contributed by atoms with Crippen LogP contribution in [0.2, 0.25) is 5.02 Å². The third kappa shape index (κ3) is 5.31. The topological polar surface area (TPSA) is 57.0 Å². The van der Waals surface area contributed by atoms with E-state index in [0.717, 1.165) is 12.0 Å². The predicted octanol–water partition coefficient (Wildman–Crippen LogP) is 4.55. The molecule has 5 nitrogen and oxygen atoms in total. The fourth-order valence-electron chi connectivity index (χ4n) is 2.65. The van der Waals surface area contributed by atoms with E-state index in [1.54, 1.807) is 29.0 Å². The maximum absolute atomic E-state index is 13.0. The lowest BCUT2D eigenvalue weighted by atomic mass is 10.2. The molecule has 0 atom stereocenters. The van der Waals surface area contributed by atoms with Crippen molar-refractivity contribution in [3.05, 3.63) is 63.7 Å². The van der Waals surface area contributed by atoms with Gasteiger partial charge in [0.15, 0.2) is 5.16 Å². The van der Waals surface area contributed by atoms with Crippen LogP contribution in [0.1, 0.15) is 25.8 Å². The molecule has 0 aliphatic rings. The molecule has 2 aromatic heterocycles. The first-order valence-corrected chi connectivity index (χ1v) is 10.2. The van der Waals surface area contributed by atoms with E-state index < -0.39 is 0 Å². The Bertz CT molecular complexity index is 961. The molecule has 0 aliphatic carbocycles. The molecule has 142 valence electrons. The summed E-state index contributed by atoms with van der Waals surface area (Å²) in [5, 5.41) is 1.83. The molecular formula is C20H22ClN3O2S. The summed E-state index contributed by atoms with van der Waals surface area (Å²) in [7, 11) is 0. The molecule has 0 unspecified atom stereocenters. The summed E-state index contributed by atoms with van der Waals surface area (Å²) in [6, 6.07) is 9.11. The molecule has 0 saturated carbocycles. The summed E-state index contributed by atoms with van der Waals surface area (Å²) in [4.78, 5) is 21.9. The van der Waals surface area contributed by atoms with Crippen LogP contribution in [0.25, 0.3) is 10.9 Å². The molecule has 1 aromatic carbocycles. The first kappa shape index (κ1) is 19.9. The summed E-state index contributed by atoms with van der Waals surface area (Å²) in [5.41, 5.74) is 1.66. The van der Waals surface area contributed by atoms with Gasteiger partial charge in [0.1, 0.15) is 0 Å². The number of nitrogens with zero attached hydrogens (tertiary/aromatic N) is 3. The third-order valence-electron chi connectivity index (χ3n) is 3.95. The van der Waals surface area contributed by atoms with E-state index in [1.165, 1.54) is 11.8 Å². The highest BCUT2D eigenvalue weighted by Crippen LogP contribution is 2.23. The SMILES string of the molecule is CC(C)OCCCn1c(SCc2cccnc2)nc2cc(Cl)ccc2c1=O. The molecule has 0 radical (unpaired) electrons. The summed E-state index contributed by atoms with van der Waals surface area (Å²) in [6.07, 6.45) is 4.50. The number of ether oxygens (including phenoxy) is 1. The van der Waals surface area contributed by atoms with Crippen molar-refractivity contribution in [1.82, 2.24) is 14.5 Å². The van der Waals surface area contributed by atoms with Crippen LogP contribution in [0.15, 0.2) is 52.7 Å². The van der Waals surface area contributed by atoms with Gasteiger partial charge < -0.3 is 4.74 Å². The number of rotatable bonds is 8. The minimum Gasteiger partial charge on any atom is -0.379 e. The minimum absolute atomic E-state index is 0.0464. The molecule has 3 aromatic rings. The van der Waals surface area contributed by atoms with E-state index in [0.29, 0.717) is 40.0 Å². The lowest BCUT2D eigenvalue weighted by molar-refractivity contribution is 0.0743. The van der Waals surface area contributed by atoms with Gasteiger partial charge in [-0.15, -0.1) is 0 Å². The van der Waals surface area contributed by atoms with E-state index in [4.69, 9.17) is 21.3 Å². The maximum Gasteiger partial charge on any atom is 0.262 e. The average Bonchev–Trinajstić information content (AvgIpc) is 2.65. The van der Waals surface area contributed by atoms with Crippen LogP contribution in [0.5, 0.6) is 0 Å². The third-order valence-corrected chi connectivity index (χ3v) is 5.23. The summed E-state index contributed by atoms with van der Waals surface area (Å²) in [5.74, 6) is 0.689. The Balaban J connectivity index is 1.89. The number of aromatic nitrogens is 3. The van der Waals surface area contributed by atoms with E-state index >= 15 is 0 Å². The number of hydrogen-bond acceptors (Lipinski definition) is 5. The van der Waals surface area contributed by atoms with Crippen molar-refractivity contribution < 1.29 is 4.74 Å². The lowest BCUT2D eigenvalue weighted by Gasteiger charge is -2.14. The zero-order chi connectivity index (χ0) is 19.2. The molecule has 0 spiro atoms. The van der Waals surface area contributed by atoms with Gasteiger partial charge in [0.2, 0.25) is 0 Å². The van der Waals surface area contributed by atoms with Gasteiger partial charge in [0.05, 0.1) is 17.0 Å². The van der Waals surface area contributed by atoms with Crippen LogP contribution < -0.4 is 5.56 Å². The first-order chi connectivity index (χ1) is 13.0. The second-order valence-corrected chi connectivity index (χ2v) is 7.81. The van der Waals surface area contributed by atoms with Crippen LogP contribution in [-0.4, -0.2) is 27.2 Å². The van der Waals surface area contributed by atoms with Crippen molar-refractivity contribution in [3.8, 4) is 0 Å². The first-order valence-electron chi connectivity index (χ1n) is 8.88. The Morgan fingerprint density at radius 1 is 1.30 bits per heavy atom. The number of halogens is 1. The summed E-state index contributed by atoms with van der Waals surface area (Å²) < 4.78 is 7.34. The molecule has 0 amide bonds. The van der Waals surface area contributed by atoms with Crippen LogP contribution in [0, 0.1) is 0 Å². The second-order valence-electron chi connectivity index (χ2n) is 6.44. The molecule has 0 bridgehead atoms. The zero-order valence-corrected chi connectivity index (χ0v) is 17.0. The molecule has 27 heavy (non-hydrogen) atoms. The van der Waals surface area contributed by atoms with E-state index in [2.05, 4.69) is 4.98 Å². The highest BCUT2D eigenvalue weighted by molar-refractivity contribution is 7.98. The molecule has 0 N–H and O–H groups in total. The van der Waals surface area contributed by atoms with Crippen molar-refractivity contribution in [1.29, 1.82) is 0 Å². The van der Waals surface area contributed by atoms with Gasteiger partial charge >= 0.3 is 0 Å². The Kier molecular flexibility index (Phi) is 6.88.